The Morgan fingerprint density at radius 1 is 0.909 bits per heavy atom. The zero-order valence-corrected chi connectivity index (χ0v) is 15.5. The third kappa shape index (κ3) is 7.86. The molecular formula is C18H19Cl2OTi-. The maximum atomic E-state index is 9.27. The largest absolute Gasteiger partial charge is 0.508 e. The summed E-state index contributed by atoms with van der Waals surface area (Å²) < 4.78 is 0. The van der Waals surface area contributed by atoms with Crippen LogP contribution in [-0.4, -0.2) is 5.11 Å². The molecule has 0 unspecified atom stereocenters. The van der Waals surface area contributed by atoms with Gasteiger partial charge in [-0.3, -0.25) is 6.08 Å². The molecule has 22 heavy (non-hydrogen) atoms. The Balaban J connectivity index is 0. The minimum atomic E-state index is 0. The molecule has 0 aromatic heterocycles. The van der Waals surface area contributed by atoms with Crippen LogP contribution in [-0.2, 0) is 21.7 Å². The van der Waals surface area contributed by atoms with Crippen molar-refractivity contribution in [3.63, 3.8) is 0 Å². The summed E-state index contributed by atoms with van der Waals surface area (Å²) in [6.07, 6.45) is 8.33. The fourth-order valence-corrected chi connectivity index (χ4v) is 1.83. The molecule has 0 aliphatic heterocycles. The van der Waals surface area contributed by atoms with Gasteiger partial charge in [-0.15, -0.1) is 31.2 Å². The van der Waals surface area contributed by atoms with Crippen molar-refractivity contribution in [2.75, 3.05) is 0 Å². The number of allylic oxidation sites excluding steroid dienone is 4. The molecule has 2 aromatic carbocycles. The smallest absolute Gasteiger partial charge is 0.116 e. The normalized spacial score (nSPS) is 10.9. The van der Waals surface area contributed by atoms with Gasteiger partial charge in [0.15, 0.2) is 0 Å². The van der Waals surface area contributed by atoms with E-state index in [2.05, 4.69) is 25.2 Å². The van der Waals surface area contributed by atoms with Gasteiger partial charge in [0.1, 0.15) is 5.75 Å². The van der Waals surface area contributed by atoms with Crippen LogP contribution >= 0.6 is 24.8 Å². The second-order valence-corrected chi connectivity index (χ2v) is 4.38. The van der Waals surface area contributed by atoms with Crippen LogP contribution in [0.1, 0.15) is 13.3 Å². The van der Waals surface area contributed by atoms with Gasteiger partial charge in [-0.1, -0.05) is 49.4 Å². The summed E-state index contributed by atoms with van der Waals surface area (Å²) in [6.45, 7) is 2.06. The number of phenols is 1. The molecule has 0 spiro atoms. The Hall–Kier alpha value is -0.986. The number of hydrogen-bond donors (Lipinski definition) is 1. The molecule has 2 aromatic rings. The van der Waals surface area contributed by atoms with E-state index < -0.39 is 0 Å². The van der Waals surface area contributed by atoms with Crippen LogP contribution in [0.2, 0.25) is 0 Å². The van der Waals surface area contributed by atoms with E-state index in [4.69, 9.17) is 0 Å². The van der Waals surface area contributed by atoms with E-state index in [0.29, 0.717) is 5.75 Å². The van der Waals surface area contributed by atoms with Gasteiger partial charge in [0.05, 0.1) is 0 Å². The summed E-state index contributed by atoms with van der Waals surface area (Å²) >= 11 is 0. The molecule has 0 heterocycles. The van der Waals surface area contributed by atoms with Gasteiger partial charge in [-0.05, 0) is 23.3 Å². The summed E-state index contributed by atoms with van der Waals surface area (Å²) in [5.41, 5.74) is 3.44. The molecule has 4 heteroatoms. The number of hydrogen-bond acceptors (Lipinski definition) is 1. The average Bonchev–Trinajstić information content (AvgIpc) is 2.92. The third-order valence-electron chi connectivity index (χ3n) is 2.82. The number of phenolic OH excluding ortho intramolecular Hbond substituents is 1. The summed E-state index contributed by atoms with van der Waals surface area (Å²) in [7, 11) is 0. The van der Waals surface area contributed by atoms with Crippen molar-refractivity contribution in [2.45, 2.75) is 13.3 Å². The monoisotopic (exact) mass is 369 g/mol. The summed E-state index contributed by atoms with van der Waals surface area (Å²) in [4.78, 5) is 0. The molecule has 1 aliphatic rings. The Labute approximate surface area is 159 Å². The molecule has 1 N–H and O–H groups in total. The van der Waals surface area contributed by atoms with Crippen LogP contribution in [0.3, 0.4) is 0 Å². The van der Waals surface area contributed by atoms with E-state index in [-0.39, 0.29) is 46.5 Å². The van der Waals surface area contributed by atoms with Gasteiger partial charge in [-0.2, -0.15) is 6.08 Å². The maximum Gasteiger partial charge on any atom is 0.116 e. The second-order valence-electron chi connectivity index (χ2n) is 4.38. The summed E-state index contributed by atoms with van der Waals surface area (Å²) in [6, 6.07) is 17.3. The first-order chi connectivity index (χ1) is 9.25. The topological polar surface area (TPSA) is 20.2 Å². The van der Waals surface area contributed by atoms with Crippen molar-refractivity contribution in [2.24, 2.45) is 0 Å². The van der Waals surface area contributed by atoms with Crippen molar-refractivity contribution in [1.29, 1.82) is 0 Å². The van der Waals surface area contributed by atoms with Crippen molar-refractivity contribution in [3.8, 4) is 16.9 Å². The van der Waals surface area contributed by atoms with Crippen molar-refractivity contribution in [1.82, 2.24) is 0 Å². The first-order valence-corrected chi connectivity index (χ1v) is 6.34. The molecule has 1 nitrogen and oxygen atoms in total. The molecule has 1 aliphatic carbocycles. The number of rotatable bonds is 1. The first kappa shape index (κ1) is 23.3. The number of benzene rings is 2. The summed E-state index contributed by atoms with van der Waals surface area (Å²) in [5, 5.41) is 9.27. The van der Waals surface area contributed by atoms with Gasteiger partial charge in [-0.25, -0.2) is 11.6 Å². The zero-order valence-electron chi connectivity index (χ0n) is 12.3. The van der Waals surface area contributed by atoms with Gasteiger partial charge in [0.25, 0.3) is 0 Å². The van der Waals surface area contributed by atoms with Crippen molar-refractivity contribution in [3.05, 3.63) is 78.4 Å². The van der Waals surface area contributed by atoms with Crippen molar-refractivity contribution < 1.29 is 26.8 Å². The van der Waals surface area contributed by atoms with E-state index in [1.165, 1.54) is 5.57 Å². The molecule has 0 amide bonds. The predicted molar refractivity (Wildman–Crippen MR) is 94.2 cm³/mol. The van der Waals surface area contributed by atoms with Gasteiger partial charge in [0, 0.05) is 21.7 Å². The van der Waals surface area contributed by atoms with E-state index >= 15 is 0 Å². The predicted octanol–water partition coefficient (Wildman–Crippen LogP) is 5.60. The Bertz CT molecular complexity index is 592. The van der Waals surface area contributed by atoms with Crippen LogP contribution in [0.4, 0.5) is 0 Å². The fraction of sp³-hybridized carbons (Fsp3) is 0.111. The van der Waals surface area contributed by atoms with Crippen molar-refractivity contribution >= 4 is 24.8 Å². The van der Waals surface area contributed by atoms with E-state index in [1.54, 1.807) is 12.1 Å². The van der Waals surface area contributed by atoms with Crippen LogP contribution in [0.25, 0.3) is 11.1 Å². The molecule has 0 saturated heterocycles. The minimum Gasteiger partial charge on any atom is -0.508 e. The van der Waals surface area contributed by atoms with Crippen LogP contribution in [0.5, 0.6) is 5.75 Å². The van der Waals surface area contributed by atoms with Crippen LogP contribution < -0.4 is 0 Å². The van der Waals surface area contributed by atoms with Gasteiger partial charge < -0.3 is 5.11 Å². The molecule has 116 valence electrons. The number of aromatic hydroxyl groups is 1. The maximum absolute atomic E-state index is 9.27. The van der Waals surface area contributed by atoms with Crippen LogP contribution in [0.15, 0.2) is 72.3 Å². The van der Waals surface area contributed by atoms with E-state index in [1.807, 2.05) is 42.5 Å². The molecule has 0 saturated carbocycles. The average molecular weight is 370 g/mol. The zero-order chi connectivity index (χ0) is 13.5. The first-order valence-electron chi connectivity index (χ1n) is 6.34. The fourth-order valence-electron chi connectivity index (χ4n) is 1.83. The molecule has 0 fully saturated rings. The Kier molecular flexibility index (Phi) is 13.3. The molecule has 0 bridgehead atoms. The quantitative estimate of drug-likeness (QED) is 0.512. The molecule has 3 rings (SSSR count). The summed E-state index contributed by atoms with van der Waals surface area (Å²) in [5.74, 6) is 0.307. The van der Waals surface area contributed by atoms with E-state index in [0.717, 1.165) is 17.5 Å². The second kappa shape index (κ2) is 12.5. The van der Waals surface area contributed by atoms with Crippen LogP contribution in [0, 0.1) is 6.08 Å². The van der Waals surface area contributed by atoms with Gasteiger partial charge >= 0.3 is 0 Å². The number of halogens is 2. The van der Waals surface area contributed by atoms with Gasteiger partial charge in [0.2, 0.25) is 0 Å². The third-order valence-corrected chi connectivity index (χ3v) is 2.82. The standard InChI is InChI=1S/C12H10O.C6H7.2ClH.Ti/c13-12-8-4-7-11(9-12)10-5-2-1-3-6-10;1-6-4-2-3-5-6;;;/h1-9,13H;2,4H,3H2,1H3;2*1H;/q;-1;;;. The Morgan fingerprint density at radius 2 is 1.55 bits per heavy atom. The SMILES string of the molecule is CC1=[C-]CC=C1.Cl.Cl.Oc1cccc(-c2ccccc2)c1.[Ti]. The molecule has 0 radical (unpaired) electrons. The molecule has 0 atom stereocenters. The minimum absolute atomic E-state index is 0. The van der Waals surface area contributed by atoms with E-state index in [9.17, 15) is 5.11 Å². The Morgan fingerprint density at radius 3 is 2.00 bits per heavy atom. The molecular weight excluding hydrogens is 351 g/mol.